The summed E-state index contributed by atoms with van der Waals surface area (Å²) in [7, 11) is 0. The van der Waals surface area contributed by atoms with Crippen molar-refractivity contribution in [3.05, 3.63) is 0 Å². The van der Waals surface area contributed by atoms with E-state index in [-0.39, 0.29) is 25.3 Å². The predicted molar refractivity (Wildman–Crippen MR) is 102 cm³/mol. The second-order valence-corrected chi connectivity index (χ2v) is 6.77. The van der Waals surface area contributed by atoms with Gasteiger partial charge in [-0.15, -0.1) is 0 Å². The van der Waals surface area contributed by atoms with Crippen LogP contribution in [0.5, 0.6) is 0 Å². The minimum Gasteiger partial charge on any atom is -0.379 e. The third kappa shape index (κ3) is 10.2. The van der Waals surface area contributed by atoms with Gasteiger partial charge in [-0.3, -0.25) is 14.5 Å². The highest BCUT2D eigenvalue weighted by Crippen LogP contribution is 2.16. The first-order valence-corrected chi connectivity index (χ1v) is 9.85. The number of ether oxygens (including phenoxy) is 3. The Morgan fingerprint density at radius 3 is 2.58 bits per heavy atom. The topological polar surface area (TPSA) is 77.1 Å². The number of rotatable bonds is 15. The molecule has 0 aromatic heterocycles. The lowest BCUT2D eigenvalue weighted by molar-refractivity contribution is -0.126. The SMILES string of the molecule is CCC(=O)CCOCCOCCNC(=O)[C@@H]1CCCN1CCOC(C)C.[HH]. The molecule has 0 aromatic carbocycles. The molecule has 0 unspecified atom stereocenters. The van der Waals surface area contributed by atoms with Crippen molar-refractivity contribution in [1.29, 1.82) is 0 Å². The van der Waals surface area contributed by atoms with Crippen LogP contribution in [0.1, 0.15) is 47.9 Å². The normalized spacial score (nSPS) is 17.8. The zero-order valence-corrected chi connectivity index (χ0v) is 16.6. The summed E-state index contributed by atoms with van der Waals surface area (Å²) in [6, 6.07) is -0.0507. The lowest BCUT2D eigenvalue weighted by Crippen LogP contribution is -2.45. The molecule has 0 aliphatic carbocycles. The Kier molecular flexibility index (Phi) is 12.5. The van der Waals surface area contributed by atoms with Crippen LogP contribution in [0, 0.1) is 0 Å². The molecule has 1 N–H and O–H groups in total. The lowest BCUT2D eigenvalue weighted by atomic mass is 10.2. The Morgan fingerprint density at radius 1 is 1.15 bits per heavy atom. The summed E-state index contributed by atoms with van der Waals surface area (Å²) in [5.41, 5.74) is 0. The van der Waals surface area contributed by atoms with Gasteiger partial charge in [0, 0.05) is 27.4 Å². The average molecular weight is 375 g/mol. The maximum atomic E-state index is 12.3. The van der Waals surface area contributed by atoms with E-state index in [1.807, 2.05) is 20.8 Å². The van der Waals surface area contributed by atoms with Gasteiger partial charge in [0.15, 0.2) is 0 Å². The van der Waals surface area contributed by atoms with Crippen molar-refractivity contribution < 1.29 is 25.2 Å². The van der Waals surface area contributed by atoms with E-state index in [1.54, 1.807) is 0 Å². The third-order valence-electron chi connectivity index (χ3n) is 4.33. The molecule has 26 heavy (non-hydrogen) atoms. The van der Waals surface area contributed by atoms with E-state index in [0.29, 0.717) is 52.4 Å². The van der Waals surface area contributed by atoms with Crippen molar-refractivity contribution in [2.24, 2.45) is 0 Å². The molecule has 1 rings (SSSR count). The summed E-state index contributed by atoms with van der Waals surface area (Å²) < 4.78 is 16.4. The van der Waals surface area contributed by atoms with Crippen LogP contribution in [0.15, 0.2) is 0 Å². The van der Waals surface area contributed by atoms with Gasteiger partial charge < -0.3 is 19.5 Å². The third-order valence-corrected chi connectivity index (χ3v) is 4.33. The van der Waals surface area contributed by atoms with Crippen LogP contribution in [0.4, 0.5) is 0 Å². The van der Waals surface area contributed by atoms with Crippen molar-refractivity contribution in [3.8, 4) is 0 Å². The summed E-state index contributed by atoms with van der Waals surface area (Å²) in [5.74, 6) is 0.287. The molecule has 0 spiro atoms. The number of hydrogen-bond acceptors (Lipinski definition) is 6. The maximum Gasteiger partial charge on any atom is 0.237 e. The van der Waals surface area contributed by atoms with Crippen molar-refractivity contribution in [2.45, 2.75) is 58.6 Å². The zero-order chi connectivity index (χ0) is 19.2. The molecule has 1 atom stereocenters. The quantitative estimate of drug-likeness (QED) is 0.439. The number of hydrogen-bond donors (Lipinski definition) is 1. The van der Waals surface area contributed by atoms with Gasteiger partial charge in [-0.25, -0.2) is 0 Å². The lowest BCUT2D eigenvalue weighted by Gasteiger charge is -2.24. The van der Waals surface area contributed by atoms with Crippen LogP contribution in [0.2, 0.25) is 0 Å². The molecule has 1 amide bonds. The summed E-state index contributed by atoms with van der Waals surface area (Å²) in [6.07, 6.45) is 3.19. The number of nitrogens with one attached hydrogen (secondary N) is 1. The number of ketones is 1. The summed E-state index contributed by atoms with van der Waals surface area (Å²) in [6.45, 7) is 10.7. The molecule has 1 heterocycles. The van der Waals surface area contributed by atoms with Gasteiger partial charge in [-0.05, 0) is 33.2 Å². The second-order valence-electron chi connectivity index (χ2n) is 6.77. The maximum absolute atomic E-state index is 12.3. The first kappa shape index (κ1) is 23.0. The van der Waals surface area contributed by atoms with Gasteiger partial charge >= 0.3 is 0 Å². The Morgan fingerprint density at radius 2 is 1.88 bits per heavy atom. The Labute approximate surface area is 159 Å². The molecule has 1 saturated heterocycles. The van der Waals surface area contributed by atoms with Crippen LogP contribution >= 0.6 is 0 Å². The predicted octanol–water partition coefficient (Wildman–Crippen LogP) is 1.64. The van der Waals surface area contributed by atoms with Crippen LogP contribution in [0.25, 0.3) is 0 Å². The summed E-state index contributed by atoms with van der Waals surface area (Å²) in [4.78, 5) is 25.6. The minimum atomic E-state index is -0.0507. The molecule has 0 saturated carbocycles. The van der Waals surface area contributed by atoms with E-state index in [2.05, 4.69) is 10.2 Å². The van der Waals surface area contributed by atoms with Crippen LogP contribution in [-0.2, 0) is 23.8 Å². The van der Waals surface area contributed by atoms with Gasteiger partial charge in [-0.1, -0.05) is 6.92 Å². The van der Waals surface area contributed by atoms with Gasteiger partial charge in [0.1, 0.15) is 5.78 Å². The molecule has 0 bridgehead atoms. The summed E-state index contributed by atoms with van der Waals surface area (Å²) >= 11 is 0. The van der Waals surface area contributed by atoms with Gasteiger partial charge in [-0.2, -0.15) is 0 Å². The van der Waals surface area contributed by atoms with E-state index in [9.17, 15) is 9.59 Å². The standard InChI is InChI=1S/C19H36N2O5.H2/c1-4-17(22)7-11-24-14-15-25-12-8-20-19(23)18-6-5-9-21(18)10-13-26-16(2)3;/h16,18H,4-15H2,1-3H3,(H,20,23);1H/t18-;/m0./s1. The Hall–Kier alpha value is -1.02. The largest absolute Gasteiger partial charge is 0.379 e. The molecule has 7 heteroatoms. The number of likely N-dealkylation sites (tertiary alicyclic amines) is 1. The molecule has 1 aliphatic rings. The number of Topliss-reactive ketones (excluding diaryl/α,β-unsaturated/α-hetero) is 1. The Balaban J connectivity index is 0.00000676. The van der Waals surface area contributed by atoms with E-state index in [0.717, 1.165) is 25.9 Å². The fourth-order valence-electron chi connectivity index (χ4n) is 2.85. The van der Waals surface area contributed by atoms with Gasteiger partial charge in [0.05, 0.1) is 45.2 Å². The van der Waals surface area contributed by atoms with E-state index >= 15 is 0 Å². The minimum absolute atomic E-state index is 0. The molecule has 0 aromatic rings. The summed E-state index contributed by atoms with van der Waals surface area (Å²) in [5, 5.41) is 2.95. The van der Waals surface area contributed by atoms with Crippen LogP contribution < -0.4 is 5.32 Å². The molecular weight excluding hydrogens is 336 g/mol. The van der Waals surface area contributed by atoms with Crippen molar-refractivity contribution in [3.63, 3.8) is 0 Å². The molecule has 0 radical (unpaired) electrons. The molecular formula is C19H38N2O5. The van der Waals surface area contributed by atoms with Crippen LogP contribution in [-0.4, -0.2) is 81.4 Å². The number of carbonyl (C=O) groups excluding carboxylic acids is 2. The number of carbonyl (C=O) groups is 2. The van der Waals surface area contributed by atoms with Crippen molar-refractivity contribution >= 4 is 11.7 Å². The zero-order valence-electron chi connectivity index (χ0n) is 16.6. The van der Waals surface area contributed by atoms with E-state index in [1.165, 1.54) is 0 Å². The molecule has 154 valence electrons. The average Bonchev–Trinajstić information content (AvgIpc) is 3.08. The Bertz CT molecular complexity index is 410. The van der Waals surface area contributed by atoms with Gasteiger partial charge in [0.25, 0.3) is 0 Å². The highest BCUT2D eigenvalue weighted by Gasteiger charge is 2.29. The van der Waals surface area contributed by atoms with Gasteiger partial charge in [0.2, 0.25) is 5.91 Å². The van der Waals surface area contributed by atoms with Crippen LogP contribution in [0.3, 0.4) is 0 Å². The monoisotopic (exact) mass is 374 g/mol. The highest BCUT2D eigenvalue weighted by molar-refractivity contribution is 5.82. The highest BCUT2D eigenvalue weighted by atomic mass is 16.5. The molecule has 1 aliphatic heterocycles. The van der Waals surface area contributed by atoms with Crippen molar-refractivity contribution in [2.75, 3.05) is 52.7 Å². The number of nitrogens with zero attached hydrogens (tertiary/aromatic N) is 1. The van der Waals surface area contributed by atoms with E-state index < -0.39 is 0 Å². The molecule has 1 fully saturated rings. The smallest absolute Gasteiger partial charge is 0.237 e. The van der Waals surface area contributed by atoms with E-state index in [4.69, 9.17) is 14.2 Å². The van der Waals surface area contributed by atoms with Crippen molar-refractivity contribution in [1.82, 2.24) is 10.2 Å². The first-order chi connectivity index (χ1) is 12.5. The number of amides is 1. The fourth-order valence-corrected chi connectivity index (χ4v) is 2.85. The second kappa shape index (κ2) is 14.1. The molecule has 7 nitrogen and oxygen atoms in total. The fraction of sp³-hybridized carbons (Fsp3) is 0.895. The first-order valence-electron chi connectivity index (χ1n) is 9.85.